The van der Waals surface area contributed by atoms with E-state index in [1.54, 1.807) is 0 Å². The first-order chi connectivity index (χ1) is 8.52. The zero-order valence-electron chi connectivity index (χ0n) is 11.0. The highest BCUT2D eigenvalue weighted by Crippen LogP contribution is 2.19. The van der Waals surface area contributed by atoms with Gasteiger partial charge in [-0.1, -0.05) is 29.8 Å². The summed E-state index contributed by atoms with van der Waals surface area (Å²) in [4.78, 5) is 13.7. The molecule has 1 heterocycles. The predicted octanol–water partition coefficient (Wildman–Crippen LogP) is 1.07. The second-order valence-corrected chi connectivity index (χ2v) is 5.18. The van der Waals surface area contributed by atoms with Crippen LogP contribution in [0.1, 0.15) is 18.1 Å². The molecule has 0 aliphatic carbocycles. The highest BCUT2D eigenvalue weighted by molar-refractivity contribution is 5.78. The smallest absolute Gasteiger partial charge is 0.249 e. The minimum absolute atomic E-state index is 0.0300. The van der Waals surface area contributed by atoms with Crippen molar-refractivity contribution in [2.75, 3.05) is 19.7 Å². The van der Waals surface area contributed by atoms with Crippen molar-refractivity contribution in [2.45, 2.75) is 26.0 Å². The standard InChI is InChI=1S/C14H20N2O2/c1-11-4-3-5-12(6-11)7-16-10-14(2,9-15)18-8-13(16)17/h3-6H,7-10,15H2,1-2H3. The normalized spacial score (nSPS) is 24.4. The fourth-order valence-electron chi connectivity index (χ4n) is 2.16. The molecule has 1 aliphatic heterocycles. The van der Waals surface area contributed by atoms with Crippen LogP contribution in [0.25, 0.3) is 0 Å². The minimum Gasteiger partial charge on any atom is -0.362 e. The van der Waals surface area contributed by atoms with Crippen molar-refractivity contribution < 1.29 is 9.53 Å². The van der Waals surface area contributed by atoms with E-state index in [9.17, 15) is 4.79 Å². The molecular formula is C14H20N2O2. The summed E-state index contributed by atoms with van der Waals surface area (Å²) in [5.74, 6) is 0.0300. The van der Waals surface area contributed by atoms with Crippen LogP contribution in [0.3, 0.4) is 0 Å². The lowest BCUT2D eigenvalue weighted by atomic mass is 10.0. The van der Waals surface area contributed by atoms with E-state index in [1.165, 1.54) is 5.56 Å². The van der Waals surface area contributed by atoms with Crippen LogP contribution >= 0.6 is 0 Å². The Bertz CT molecular complexity index is 447. The van der Waals surface area contributed by atoms with Crippen molar-refractivity contribution in [3.8, 4) is 0 Å². The summed E-state index contributed by atoms with van der Waals surface area (Å²) in [5, 5.41) is 0. The largest absolute Gasteiger partial charge is 0.362 e. The molecule has 1 amide bonds. The predicted molar refractivity (Wildman–Crippen MR) is 70.0 cm³/mol. The lowest BCUT2D eigenvalue weighted by Gasteiger charge is -2.39. The first-order valence-corrected chi connectivity index (χ1v) is 6.20. The maximum Gasteiger partial charge on any atom is 0.249 e. The van der Waals surface area contributed by atoms with E-state index in [1.807, 2.05) is 24.0 Å². The maximum atomic E-state index is 11.8. The molecule has 1 aromatic carbocycles. The van der Waals surface area contributed by atoms with Gasteiger partial charge in [0.15, 0.2) is 0 Å². The molecule has 1 unspecified atom stereocenters. The third-order valence-corrected chi connectivity index (χ3v) is 3.31. The number of carbonyl (C=O) groups excluding carboxylic acids is 1. The number of carbonyl (C=O) groups is 1. The SMILES string of the molecule is Cc1cccc(CN2CC(C)(CN)OCC2=O)c1. The highest BCUT2D eigenvalue weighted by atomic mass is 16.5. The first kappa shape index (κ1) is 13.1. The van der Waals surface area contributed by atoms with Crippen LogP contribution in [0, 0.1) is 6.92 Å². The number of morpholine rings is 1. The Morgan fingerprint density at radius 3 is 2.94 bits per heavy atom. The molecule has 1 saturated heterocycles. The fraction of sp³-hybridized carbons (Fsp3) is 0.500. The van der Waals surface area contributed by atoms with E-state index in [4.69, 9.17) is 10.5 Å². The lowest BCUT2D eigenvalue weighted by molar-refractivity contribution is -0.160. The van der Waals surface area contributed by atoms with Crippen LogP contribution < -0.4 is 5.73 Å². The monoisotopic (exact) mass is 248 g/mol. The second-order valence-electron chi connectivity index (χ2n) is 5.18. The number of nitrogens with two attached hydrogens (primary N) is 1. The number of aryl methyl sites for hydroxylation is 1. The molecule has 1 aliphatic rings. The number of benzene rings is 1. The number of hydrogen-bond acceptors (Lipinski definition) is 3. The second kappa shape index (κ2) is 5.08. The van der Waals surface area contributed by atoms with Gasteiger partial charge in [-0.2, -0.15) is 0 Å². The molecule has 18 heavy (non-hydrogen) atoms. The van der Waals surface area contributed by atoms with Gasteiger partial charge in [0.25, 0.3) is 0 Å². The number of hydrogen-bond donors (Lipinski definition) is 1. The van der Waals surface area contributed by atoms with Crippen molar-refractivity contribution in [1.29, 1.82) is 0 Å². The molecule has 98 valence electrons. The van der Waals surface area contributed by atoms with Crippen molar-refractivity contribution in [2.24, 2.45) is 5.73 Å². The Hall–Kier alpha value is -1.39. The van der Waals surface area contributed by atoms with Crippen LogP contribution in [-0.4, -0.2) is 36.1 Å². The van der Waals surface area contributed by atoms with Crippen molar-refractivity contribution >= 4 is 5.91 Å². The Morgan fingerprint density at radius 2 is 2.28 bits per heavy atom. The van der Waals surface area contributed by atoms with Gasteiger partial charge in [0.1, 0.15) is 6.61 Å². The topological polar surface area (TPSA) is 55.6 Å². The average molecular weight is 248 g/mol. The van der Waals surface area contributed by atoms with E-state index in [-0.39, 0.29) is 12.5 Å². The zero-order chi connectivity index (χ0) is 13.2. The van der Waals surface area contributed by atoms with Crippen LogP contribution in [-0.2, 0) is 16.1 Å². The zero-order valence-corrected chi connectivity index (χ0v) is 11.0. The number of nitrogens with zero attached hydrogens (tertiary/aromatic N) is 1. The summed E-state index contributed by atoms with van der Waals surface area (Å²) in [6, 6.07) is 8.20. The lowest BCUT2D eigenvalue weighted by Crippen LogP contribution is -2.56. The Balaban J connectivity index is 2.09. The highest BCUT2D eigenvalue weighted by Gasteiger charge is 2.34. The van der Waals surface area contributed by atoms with Gasteiger partial charge < -0.3 is 15.4 Å². The number of rotatable bonds is 3. The molecule has 0 saturated carbocycles. The molecule has 0 spiro atoms. The van der Waals surface area contributed by atoms with Gasteiger partial charge in [0.05, 0.1) is 12.1 Å². The molecule has 1 fully saturated rings. The van der Waals surface area contributed by atoms with E-state index >= 15 is 0 Å². The molecule has 0 aromatic heterocycles. The Labute approximate surface area is 108 Å². The molecule has 2 N–H and O–H groups in total. The van der Waals surface area contributed by atoms with Crippen LogP contribution in [0.4, 0.5) is 0 Å². The first-order valence-electron chi connectivity index (χ1n) is 6.20. The summed E-state index contributed by atoms with van der Waals surface area (Å²) in [6.45, 7) is 5.72. The van der Waals surface area contributed by atoms with Crippen molar-refractivity contribution in [3.05, 3.63) is 35.4 Å². The van der Waals surface area contributed by atoms with E-state index < -0.39 is 5.60 Å². The summed E-state index contributed by atoms with van der Waals surface area (Å²) in [5.41, 5.74) is 7.63. The van der Waals surface area contributed by atoms with Gasteiger partial charge in [0.2, 0.25) is 5.91 Å². The fourth-order valence-corrected chi connectivity index (χ4v) is 2.16. The van der Waals surface area contributed by atoms with Gasteiger partial charge in [-0.05, 0) is 19.4 Å². The summed E-state index contributed by atoms with van der Waals surface area (Å²) in [6.07, 6.45) is 0. The van der Waals surface area contributed by atoms with Crippen LogP contribution in [0.2, 0.25) is 0 Å². The third-order valence-electron chi connectivity index (χ3n) is 3.31. The van der Waals surface area contributed by atoms with Gasteiger partial charge in [-0.25, -0.2) is 0 Å². The molecule has 4 heteroatoms. The van der Waals surface area contributed by atoms with Crippen LogP contribution in [0.5, 0.6) is 0 Å². The van der Waals surface area contributed by atoms with E-state index in [0.29, 0.717) is 19.6 Å². The van der Waals surface area contributed by atoms with Gasteiger partial charge >= 0.3 is 0 Å². The molecule has 4 nitrogen and oxygen atoms in total. The molecule has 1 aromatic rings. The number of amides is 1. The Kier molecular flexibility index (Phi) is 3.68. The van der Waals surface area contributed by atoms with Gasteiger partial charge in [-0.15, -0.1) is 0 Å². The van der Waals surface area contributed by atoms with Crippen molar-refractivity contribution in [3.63, 3.8) is 0 Å². The third kappa shape index (κ3) is 2.89. The van der Waals surface area contributed by atoms with Crippen molar-refractivity contribution in [1.82, 2.24) is 4.90 Å². The van der Waals surface area contributed by atoms with E-state index in [2.05, 4.69) is 19.1 Å². The summed E-state index contributed by atoms with van der Waals surface area (Å²) >= 11 is 0. The summed E-state index contributed by atoms with van der Waals surface area (Å²) < 4.78 is 5.50. The van der Waals surface area contributed by atoms with E-state index in [0.717, 1.165) is 5.56 Å². The molecule has 0 bridgehead atoms. The maximum absolute atomic E-state index is 11.8. The van der Waals surface area contributed by atoms with Gasteiger partial charge in [-0.3, -0.25) is 4.79 Å². The molecule has 1 atom stereocenters. The van der Waals surface area contributed by atoms with Crippen LogP contribution in [0.15, 0.2) is 24.3 Å². The minimum atomic E-state index is -0.419. The molecule has 2 rings (SSSR count). The molecule has 0 radical (unpaired) electrons. The molecular weight excluding hydrogens is 228 g/mol. The summed E-state index contributed by atoms with van der Waals surface area (Å²) in [7, 11) is 0. The van der Waals surface area contributed by atoms with Gasteiger partial charge in [0, 0.05) is 13.1 Å². The average Bonchev–Trinajstić information content (AvgIpc) is 2.34. The Morgan fingerprint density at radius 1 is 1.50 bits per heavy atom. The quantitative estimate of drug-likeness (QED) is 0.870. The number of ether oxygens (including phenoxy) is 1.